The fraction of sp³-hybridized carbons (Fsp3) is 0.263. The average Bonchev–Trinajstić information content (AvgIpc) is 3.31. The Morgan fingerprint density at radius 1 is 1.13 bits per heavy atom. The van der Waals surface area contributed by atoms with E-state index >= 15 is 0 Å². The van der Waals surface area contributed by atoms with Crippen LogP contribution >= 0.6 is 0 Å². The second-order valence-corrected chi connectivity index (χ2v) is 6.23. The smallest absolute Gasteiger partial charge is 0.336 e. The summed E-state index contributed by atoms with van der Waals surface area (Å²) in [4.78, 5) is 23.8. The molecule has 3 rings (SSSR count). The highest BCUT2D eigenvalue weighted by molar-refractivity contribution is 5.99. The molecule has 2 N–H and O–H groups in total. The van der Waals surface area contributed by atoms with Crippen LogP contribution in [0.2, 0.25) is 0 Å². The Kier molecular flexibility index (Phi) is 3.90. The van der Waals surface area contributed by atoms with E-state index in [1.54, 1.807) is 19.1 Å². The topological polar surface area (TPSA) is 66.4 Å². The molecule has 1 aliphatic rings. The van der Waals surface area contributed by atoms with Gasteiger partial charge in [0.1, 0.15) is 0 Å². The first kappa shape index (κ1) is 15.3. The minimum atomic E-state index is -0.982. The predicted octanol–water partition coefficient (Wildman–Crippen LogP) is 3.65. The van der Waals surface area contributed by atoms with Crippen molar-refractivity contribution in [3.63, 3.8) is 0 Å². The van der Waals surface area contributed by atoms with Gasteiger partial charge in [-0.25, -0.2) is 4.79 Å². The Hall–Kier alpha value is -2.62. The van der Waals surface area contributed by atoms with E-state index in [0.29, 0.717) is 11.3 Å². The maximum absolute atomic E-state index is 12.6. The Balaban J connectivity index is 1.74. The highest BCUT2D eigenvalue weighted by Gasteiger charge is 2.49. The summed E-state index contributed by atoms with van der Waals surface area (Å²) in [5.41, 5.74) is 2.24. The summed E-state index contributed by atoms with van der Waals surface area (Å²) >= 11 is 0. The molecule has 1 fully saturated rings. The van der Waals surface area contributed by atoms with E-state index in [0.717, 1.165) is 24.8 Å². The molecule has 0 aromatic heterocycles. The number of aryl methyl sites for hydroxylation is 1. The highest BCUT2D eigenvalue weighted by Crippen LogP contribution is 2.49. The van der Waals surface area contributed by atoms with Crippen molar-refractivity contribution in [1.82, 2.24) is 0 Å². The number of benzene rings is 2. The van der Waals surface area contributed by atoms with Gasteiger partial charge in [0, 0.05) is 5.69 Å². The van der Waals surface area contributed by atoms with Crippen molar-refractivity contribution in [1.29, 1.82) is 0 Å². The summed E-state index contributed by atoms with van der Waals surface area (Å²) in [6, 6.07) is 15.0. The third kappa shape index (κ3) is 3.26. The number of hydrogen-bond donors (Lipinski definition) is 2. The van der Waals surface area contributed by atoms with Gasteiger partial charge in [-0.05, 0) is 49.4 Å². The Labute approximate surface area is 135 Å². The maximum atomic E-state index is 12.6. The number of carboxylic acid groups (broad SMARTS) is 1. The third-order valence-corrected chi connectivity index (χ3v) is 4.45. The van der Waals surface area contributed by atoms with Crippen molar-refractivity contribution in [3.8, 4) is 0 Å². The van der Waals surface area contributed by atoms with E-state index in [4.69, 9.17) is 0 Å². The maximum Gasteiger partial charge on any atom is 0.336 e. The molecule has 1 amide bonds. The van der Waals surface area contributed by atoms with E-state index < -0.39 is 5.97 Å². The first-order valence-electron chi connectivity index (χ1n) is 7.69. The molecular weight excluding hydrogens is 290 g/mol. The van der Waals surface area contributed by atoms with Gasteiger partial charge in [0.05, 0.1) is 11.0 Å². The lowest BCUT2D eigenvalue weighted by Crippen LogP contribution is -2.26. The van der Waals surface area contributed by atoms with Crippen LogP contribution in [-0.4, -0.2) is 17.0 Å². The zero-order chi connectivity index (χ0) is 16.4. The first-order chi connectivity index (χ1) is 11.0. The predicted molar refractivity (Wildman–Crippen MR) is 88.6 cm³/mol. The molecule has 0 radical (unpaired) electrons. The Morgan fingerprint density at radius 3 is 2.43 bits per heavy atom. The van der Waals surface area contributed by atoms with E-state index in [9.17, 15) is 14.7 Å². The molecule has 0 aliphatic heterocycles. The molecule has 1 saturated carbocycles. The second kappa shape index (κ2) is 5.88. The van der Waals surface area contributed by atoms with Crippen molar-refractivity contribution in [3.05, 3.63) is 65.2 Å². The van der Waals surface area contributed by atoms with E-state index in [1.807, 2.05) is 30.3 Å². The minimum Gasteiger partial charge on any atom is -0.478 e. The Bertz CT molecular complexity index is 748. The molecule has 2 aromatic rings. The number of anilines is 1. The van der Waals surface area contributed by atoms with Gasteiger partial charge in [0.15, 0.2) is 0 Å². The molecule has 0 saturated heterocycles. The molecule has 0 atom stereocenters. The lowest BCUT2D eigenvalue weighted by Gasteiger charge is -2.16. The van der Waals surface area contributed by atoms with Crippen molar-refractivity contribution >= 4 is 17.6 Å². The molecular formula is C19H19NO3. The van der Waals surface area contributed by atoms with Crippen molar-refractivity contribution in [2.24, 2.45) is 5.41 Å². The summed E-state index contributed by atoms with van der Waals surface area (Å²) in [6.07, 6.45) is 2.45. The molecule has 23 heavy (non-hydrogen) atoms. The van der Waals surface area contributed by atoms with Gasteiger partial charge in [0.25, 0.3) is 0 Å². The minimum absolute atomic E-state index is 0.0263. The normalized spacial score (nSPS) is 15.0. The third-order valence-electron chi connectivity index (χ3n) is 4.45. The van der Waals surface area contributed by atoms with Gasteiger partial charge in [0.2, 0.25) is 5.91 Å². The van der Waals surface area contributed by atoms with Gasteiger partial charge in [-0.3, -0.25) is 4.79 Å². The summed E-state index contributed by atoms with van der Waals surface area (Å²) in [6.45, 7) is 1.74. The van der Waals surface area contributed by atoms with Crippen LogP contribution in [-0.2, 0) is 11.2 Å². The van der Waals surface area contributed by atoms with Gasteiger partial charge >= 0.3 is 5.97 Å². The van der Waals surface area contributed by atoms with Crippen LogP contribution in [0, 0.1) is 12.3 Å². The van der Waals surface area contributed by atoms with E-state index in [-0.39, 0.29) is 16.9 Å². The zero-order valence-electron chi connectivity index (χ0n) is 13.0. The molecule has 2 aromatic carbocycles. The standard InChI is InChI=1S/C19H19NO3/c1-13-7-8-15(11-16(13)17(21)22)20-18(23)19(9-10-19)12-14-5-3-2-4-6-14/h2-8,11H,9-10,12H2,1H3,(H,20,23)(H,21,22). The van der Waals surface area contributed by atoms with Gasteiger partial charge < -0.3 is 10.4 Å². The molecule has 0 bridgehead atoms. The van der Waals surface area contributed by atoms with Crippen molar-refractivity contribution < 1.29 is 14.7 Å². The van der Waals surface area contributed by atoms with Crippen LogP contribution in [0.4, 0.5) is 5.69 Å². The summed E-state index contributed by atoms with van der Waals surface area (Å²) in [7, 11) is 0. The fourth-order valence-corrected chi connectivity index (χ4v) is 2.82. The van der Waals surface area contributed by atoms with Crippen LogP contribution in [0.15, 0.2) is 48.5 Å². The number of carbonyl (C=O) groups is 2. The van der Waals surface area contributed by atoms with Crippen LogP contribution in [0.5, 0.6) is 0 Å². The molecule has 118 valence electrons. The van der Waals surface area contributed by atoms with Gasteiger partial charge in [-0.15, -0.1) is 0 Å². The summed E-state index contributed by atoms with van der Waals surface area (Å²) in [5.74, 6) is -1.01. The molecule has 4 heteroatoms. The number of carboxylic acids is 1. The average molecular weight is 309 g/mol. The van der Waals surface area contributed by atoms with Crippen molar-refractivity contribution in [2.45, 2.75) is 26.2 Å². The molecule has 0 heterocycles. The lowest BCUT2D eigenvalue weighted by molar-refractivity contribution is -0.121. The van der Waals surface area contributed by atoms with Crippen LogP contribution in [0.3, 0.4) is 0 Å². The molecule has 1 aliphatic carbocycles. The number of rotatable bonds is 5. The van der Waals surface area contributed by atoms with Crippen LogP contribution in [0.25, 0.3) is 0 Å². The summed E-state index contributed by atoms with van der Waals surface area (Å²) in [5, 5.41) is 12.1. The van der Waals surface area contributed by atoms with Gasteiger partial charge in [-0.1, -0.05) is 36.4 Å². The lowest BCUT2D eigenvalue weighted by atomic mass is 9.95. The number of hydrogen-bond acceptors (Lipinski definition) is 2. The van der Waals surface area contributed by atoms with Gasteiger partial charge in [-0.2, -0.15) is 0 Å². The van der Waals surface area contributed by atoms with Crippen LogP contribution in [0.1, 0.15) is 34.3 Å². The quantitative estimate of drug-likeness (QED) is 0.886. The SMILES string of the molecule is Cc1ccc(NC(=O)C2(Cc3ccccc3)CC2)cc1C(=O)O. The van der Waals surface area contributed by atoms with Crippen molar-refractivity contribution in [2.75, 3.05) is 5.32 Å². The highest BCUT2D eigenvalue weighted by atomic mass is 16.4. The monoisotopic (exact) mass is 309 g/mol. The van der Waals surface area contributed by atoms with Crippen LogP contribution < -0.4 is 5.32 Å². The van der Waals surface area contributed by atoms with E-state index in [2.05, 4.69) is 5.32 Å². The number of aromatic carboxylic acids is 1. The zero-order valence-corrected chi connectivity index (χ0v) is 13.0. The second-order valence-electron chi connectivity index (χ2n) is 6.23. The largest absolute Gasteiger partial charge is 0.478 e. The number of nitrogens with one attached hydrogen (secondary N) is 1. The first-order valence-corrected chi connectivity index (χ1v) is 7.69. The number of carbonyl (C=O) groups excluding carboxylic acids is 1. The number of amides is 1. The molecule has 0 unspecified atom stereocenters. The summed E-state index contributed by atoms with van der Waals surface area (Å²) < 4.78 is 0. The molecule has 4 nitrogen and oxygen atoms in total. The fourth-order valence-electron chi connectivity index (χ4n) is 2.82. The Morgan fingerprint density at radius 2 is 1.83 bits per heavy atom. The van der Waals surface area contributed by atoms with E-state index in [1.165, 1.54) is 6.07 Å². The molecule has 0 spiro atoms.